The molecule has 0 unspecified atom stereocenters. The maximum atomic E-state index is 13.1. The quantitative estimate of drug-likeness (QED) is 0.662. The van der Waals surface area contributed by atoms with E-state index < -0.39 is 0 Å². The van der Waals surface area contributed by atoms with Gasteiger partial charge in [0.1, 0.15) is 11.5 Å². The van der Waals surface area contributed by atoms with Crippen LogP contribution in [-0.2, 0) is 0 Å². The van der Waals surface area contributed by atoms with E-state index in [1.165, 1.54) is 4.70 Å². The van der Waals surface area contributed by atoms with Crippen molar-refractivity contribution in [1.82, 2.24) is 9.88 Å². The number of benzene rings is 1. The monoisotopic (exact) mass is 354 g/mol. The normalized spacial score (nSPS) is 18.0. The fraction of sp³-hybridized carbons (Fsp3) is 0.400. The second kappa shape index (κ2) is 6.30. The second-order valence-electron chi connectivity index (χ2n) is 6.82. The van der Waals surface area contributed by atoms with Gasteiger partial charge in [0.15, 0.2) is 0 Å². The number of para-hydroxylation sites is 1. The minimum Gasteiger partial charge on any atom is -0.466 e. The number of carbonyl (C=O) groups is 1. The van der Waals surface area contributed by atoms with E-state index in [1.54, 1.807) is 11.3 Å². The van der Waals surface area contributed by atoms with Crippen LogP contribution in [0.25, 0.3) is 10.2 Å². The number of piperidine rings is 1. The van der Waals surface area contributed by atoms with Crippen molar-refractivity contribution >= 4 is 27.5 Å². The van der Waals surface area contributed by atoms with Crippen molar-refractivity contribution in [3.05, 3.63) is 51.9 Å². The molecular weight excluding hydrogens is 332 g/mol. The third-order valence-electron chi connectivity index (χ3n) is 5.14. The number of furan rings is 1. The van der Waals surface area contributed by atoms with E-state index in [4.69, 9.17) is 9.40 Å². The van der Waals surface area contributed by atoms with Gasteiger partial charge in [0.25, 0.3) is 5.91 Å². The average Bonchev–Trinajstić information content (AvgIpc) is 3.15. The summed E-state index contributed by atoms with van der Waals surface area (Å²) in [6.07, 6.45) is 2.10. The van der Waals surface area contributed by atoms with Crippen LogP contribution in [0.1, 0.15) is 51.2 Å². The standard InChI is InChI=1S/C20H22N2O2S/c1-12-13(2)24-14(3)18(12)20(23)22-10-6-7-15(11-22)19-21-16-8-4-5-9-17(16)25-19/h4-5,8-9,15H,6-7,10-11H2,1-3H3/t15-/m1/s1. The molecule has 1 fully saturated rings. The van der Waals surface area contributed by atoms with E-state index >= 15 is 0 Å². The zero-order chi connectivity index (χ0) is 17.6. The first-order valence-corrected chi connectivity index (χ1v) is 9.57. The van der Waals surface area contributed by atoms with Gasteiger partial charge in [-0.15, -0.1) is 11.3 Å². The summed E-state index contributed by atoms with van der Waals surface area (Å²) in [7, 11) is 0. The van der Waals surface area contributed by atoms with Gasteiger partial charge in [0.05, 0.1) is 20.8 Å². The predicted octanol–water partition coefficient (Wildman–Crippen LogP) is 4.83. The molecule has 1 atom stereocenters. The Hall–Kier alpha value is -2.14. The summed E-state index contributed by atoms with van der Waals surface area (Å²) in [5, 5.41) is 1.15. The molecule has 3 heterocycles. The van der Waals surface area contributed by atoms with Crippen LogP contribution in [-0.4, -0.2) is 28.9 Å². The van der Waals surface area contributed by atoms with Gasteiger partial charge in [0.2, 0.25) is 0 Å². The lowest BCUT2D eigenvalue weighted by molar-refractivity contribution is 0.0704. The van der Waals surface area contributed by atoms with Crippen LogP contribution >= 0.6 is 11.3 Å². The Labute approximate surface area is 151 Å². The van der Waals surface area contributed by atoms with Crippen molar-refractivity contribution in [2.24, 2.45) is 0 Å². The maximum Gasteiger partial charge on any atom is 0.257 e. The van der Waals surface area contributed by atoms with E-state index in [-0.39, 0.29) is 5.91 Å². The first-order valence-electron chi connectivity index (χ1n) is 8.76. The highest BCUT2D eigenvalue weighted by Gasteiger charge is 2.30. The highest BCUT2D eigenvalue weighted by Crippen LogP contribution is 2.34. The molecule has 25 heavy (non-hydrogen) atoms. The topological polar surface area (TPSA) is 46.3 Å². The van der Waals surface area contributed by atoms with Gasteiger partial charge in [-0.2, -0.15) is 0 Å². The zero-order valence-corrected chi connectivity index (χ0v) is 15.7. The molecule has 0 bridgehead atoms. The minimum atomic E-state index is 0.0951. The Kier molecular flexibility index (Phi) is 4.12. The molecule has 0 spiro atoms. The Balaban J connectivity index is 1.59. The molecule has 3 aromatic rings. The molecule has 4 rings (SSSR count). The molecule has 1 aliphatic heterocycles. The lowest BCUT2D eigenvalue weighted by atomic mass is 9.97. The van der Waals surface area contributed by atoms with E-state index in [2.05, 4.69) is 12.1 Å². The molecule has 5 heteroatoms. The van der Waals surface area contributed by atoms with E-state index in [0.29, 0.717) is 5.92 Å². The number of amides is 1. The molecule has 1 aromatic carbocycles. The van der Waals surface area contributed by atoms with Crippen LogP contribution in [0.4, 0.5) is 0 Å². The van der Waals surface area contributed by atoms with E-state index in [9.17, 15) is 4.79 Å². The molecular formula is C20H22N2O2S. The van der Waals surface area contributed by atoms with Crippen molar-refractivity contribution in [2.45, 2.75) is 39.5 Å². The van der Waals surface area contributed by atoms with Crippen molar-refractivity contribution in [3.63, 3.8) is 0 Å². The van der Waals surface area contributed by atoms with Gasteiger partial charge in [-0.25, -0.2) is 4.98 Å². The molecule has 0 aliphatic carbocycles. The van der Waals surface area contributed by atoms with Crippen molar-refractivity contribution in [2.75, 3.05) is 13.1 Å². The van der Waals surface area contributed by atoms with Gasteiger partial charge >= 0.3 is 0 Å². The molecule has 4 nitrogen and oxygen atoms in total. The van der Waals surface area contributed by atoms with Crippen molar-refractivity contribution in [3.8, 4) is 0 Å². The lowest BCUT2D eigenvalue weighted by Crippen LogP contribution is -2.39. The van der Waals surface area contributed by atoms with Crippen LogP contribution in [0.5, 0.6) is 0 Å². The largest absolute Gasteiger partial charge is 0.466 e. The highest BCUT2D eigenvalue weighted by molar-refractivity contribution is 7.18. The third-order valence-corrected chi connectivity index (χ3v) is 6.34. The maximum absolute atomic E-state index is 13.1. The first-order chi connectivity index (χ1) is 12.0. The molecule has 2 aromatic heterocycles. The summed E-state index contributed by atoms with van der Waals surface area (Å²) >= 11 is 1.76. The van der Waals surface area contributed by atoms with Gasteiger partial charge in [-0.1, -0.05) is 12.1 Å². The molecule has 130 valence electrons. The summed E-state index contributed by atoms with van der Waals surface area (Å²) in [4.78, 5) is 19.8. The number of rotatable bonds is 2. The first kappa shape index (κ1) is 16.3. The highest BCUT2D eigenvalue weighted by atomic mass is 32.1. The fourth-order valence-corrected chi connectivity index (χ4v) is 4.79. The Morgan fingerprint density at radius 2 is 2.04 bits per heavy atom. The van der Waals surface area contributed by atoms with Gasteiger partial charge in [0, 0.05) is 24.6 Å². The predicted molar refractivity (Wildman–Crippen MR) is 100 cm³/mol. The molecule has 0 radical (unpaired) electrons. The van der Waals surface area contributed by atoms with Crippen LogP contribution in [0.2, 0.25) is 0 Å². The zero-order valence-electron chi connectivity index (χ0n) is 14.8. The molecule has 1 amide bonds. The number of hydrogen-bond donors (Lipinski definition) is 0. The summed E-state index contributed by atoms with van der Waals surface area (Å²) in [6.45, 7) is 7.31. The van der Waals surface area contributed by atoms with Crippen LogP contribution in [0, 0.1) is 20.8 Å². The second-order valence-corrected chi connectivity index (χ2v) is 7.89. The van der Waals surface area contributed by atoms with Crippen LogP contribution in [0.3, 0.4) is 0 Å². The van der Waals surface area contributed by atoms with Gasteiger partial charge < -0.3 is 9.32 Å². The van der Waals surface area contributed by atoms with Gasteiger partial charge in [-0.3, -0.25) is 4.79 Å². The Morgan fingerprint density at radius 3 is 2.76 bits per heavy atom. The fourth-order valence-electron chi connectivity index (χ4n) is 3.69. The number of fused-ring (bicyclic) bond motifs is 1. The third kappa shape index (κ3) is 2.86. The SMILES string of the molecule is Cc1oc(C)c(C(=O)N2CCC[C@@H](c3nc4ccccc4s3)C2)c1C. The van der Waals surface area contributed by atoms with E-state index in [0.717, 1.165) is 59.1 Å². The van der Waals surface area contributed by atoms with Crippen LogP contribution < -0.4 is 0 Å². The smallest absolute Gasteiger partial charge is 0.257 e. The number of aryl methyl sites for hydroxylation is 2. The van der Waals surface area contributed by atoms with Crippen molar-refractivity contribution < 1.29 is 9.21 Å². The lowest BCUT2D eigenvalue weighted by Gasteiger charge is -2.32. The molecule has 1 aliphatic rings. The van der Waals surface area contributed by atoms with Crippen LogP contribution in [0.15, 0.2) is 28.7 Å². The number of thiazole rings is 1. The number of carbonyl (C=O) groups excluding carboxylic acids is 1. The molecule has 0 saturated carbocycles. The Bertz CT molecular complexity index is 907. The molecule has 1 saturated heterocycles. The minimum absolute atomic E-state index is 0.0951. The van der Waals surface area contributed by atoms with Gasteiger partial charge in [-0.05, 0) is 45.7 Å². The number of aromatic nitrogens is 1. The number of likely N-dealkylation sites (tertiary alicyclic amines) is 1. The average molecular weight is 354 g/mol. The Morgan fingerprint density at radius 1 is 1.24 bits per heavy atom. The summed E-state index contributed by atoms with van der Waals surface area (Å²) in [6, 6.07) is 8.24. The summed E-state index contributed by atoms with van der Waals surface area (Å²) in [5.74, 6) is 1.98. The van der Waals surface area contributed by atoms with E-state index in [1.807, 2.05) is 37.8 Å². The number of hydrogen-bond acceptors (Lipinski definition) is 4. The van der Waals surface area contributed by atoms with Crippen molar-refractivity contribution in [1.29, 1.82) is 0 Å². The molecule has 0 N–H and O–H groups in total. The summed E-state index contributed by atoms with van der Waals surface area (Å²) in [5.41, 5.74) is 2.76. The summed E-state index contributed by atoms with van der Waals surface area (Å²) < 4.78 is 6.87. The number of nitrogens with zero attached hydrogens (tertiary/aromatic N) is 2.